The first kappa shape index (κ1) is 8.03. The van der Waals surface area contributed by atoms with Crippen LogP contribution in [0.4, 0.5) is 0 Å². The molecular formula is C4H7NO4. The predicted octanol–water partition coefficient (Wildman–Crippen LogP) is -0.787. The van der Waals surface area contributed by atoms with Crippen LogP contribution in [-0.2, 0) is 4.79 Å². The van der Waals surface area contributed by atoms with Crippen molar-refractivity contribution in [2.75, 3.05) is 6.54 Å². The highest BCUT2D eigenvalue weighted by atomic mass is 16.6. The van der Waals surface area contributed by atoms with Gasteiger partial charge in [-0.05, 0) is 6.92 Å². The third-order valence-electron chi connectivity index (χ3n) is 0.751. The fourth-order valence-electron chi connectivity index (χ4n) is 0.259. The standard InChI is InChI=1S/C4H7NO4/c1-3(6)4(7)2-5(8)9/h3,6H,2H2,1H3. The number of hydrogen-bond donors (Lipinski definition) is 1. The summed E-state index contributed by atoms with van der Waals surface area (Å²) in [7, 11) is 0. The van der Waals surface area contributed by atoms with E-state index < -0.39 is 23.4 Å². The van der Waals surface area contributed by atoms with E-state index in [-0.39, 0.29) is 0 Å². The number of nitro groups is 1. The maximum atomic E-state index is 10.3. The van der Waals surface area contributed by atoms with Gasteiger partial charge in [0.05, 0.1) is 0 Å². The highest BCUT2D eigenvalue weighted by Crippen LogP contribution is 1.82. The van der Waals surface area contributed by atoms with Crippen molar-refractivity contribution < 1.29 is 14.8 Å². The lowest BCUT2D eigenvalue weighted by Gasteiger charge is -1.95. The van der Waals surface area contributed by atoms with Gasteiger partial charge in [0.15, 0.2) is 0 Å². The summed E-state index contributed by atoms with van der Waals surface area (Å²) >= 11 is 0. The molecule has 0 aromatic heterocycles. The first-order valence-corrected chi connectivity index (χ1v) is 2.36. The quantitative estimate of drug-likeness (QED) is 0.404. The summed E-state index contributed by atoms with van der Waals surface area (Å²) in [6.07, 6.45) is -1.23. The van der Waals surface area contributed by atoms with Gasteiger partial charge in [0.25, 0.3) is 6.54 Å². The lowest BCUT2D eigenvalue weighted by molar-refractivity contribution is -0.468. The Morgan fingerprint density at radius 1 is 1.89 bits per heavy atom. The Labute approximate surface area is 51.4 Å². The van der Waals surface area contributed by atoms with Gasteiger partial charge < -0.3 is 5.11 Å². The minimum Gasteiger partial charge on any atom is -0.385 e. The number of carbonyl (C=O) groups excluding carboxylic acids is 1. The van der Waals surface area contributed by atoms with E-state index in [4.69, 9.17) is 5.11 Å². The molecule has 52 valence electrons. The van der Waals surface area contributed by atoms with E-state index in [0.717, 1.165) is 0 Å². The lowest BCUT2D eigenvalue weighted by atomic mass is 10.3. The zero-order chi connectivity index (χ0) is 7.44. The van der Waals surface area contributed by atoms with Gasteiger partial charge in [-0.15, -0.1) is 0 Å². The van der Waals surface area contributed by atoms with E-state index in [1.54, 1.807) is 0 Å². The third-order valence-corrected chi connectivity index (χ3v) is 0.751. The molecule has 0 spiro atoms. The lowest BCUT2D eigenvalue weighted by Crippen LogP contribution is -2.24. The summed E-state index contributed by atoms with van der Waals surface area (Å²) in [5.74, 6) is -0.764. The Kier molecular flexibility index (Phi) is 2.80. The first-order valence-electron chi connectivity index (χ1n) is 2.36. The summed E-state index contributed by atoms with van der Waals surface area (Å²) in [5.41, 5.74) is 0. The largest absolute Gasteiger partial charge is 0.385 e. The molecule has 0 aromatic rings. The SMILES string of the molecule is CC(O)C(=O)C[N+](=O)[O-]. The topological polar surface area (TPSA) is 80.4 Å². The van der Waals surface area contributed by atoms with Crippen LogP contribution in [0.5, 0.6) is 0 Å². The monoisotopic (exact) mass is 133 g/mol. The van der Waals surface area contributed by atoms with Crippen molar-refractivity contribution in [3.63, 3.8) is 0 Å². The van der Waals surface area contributed by atoms with Gasteiger partial charge in [-0.1, -0.05) is 0 Å². The Balaban J connectivity index is 3.64. The molecule has 0 bridgehead atoms. The second kappa shape index (κ2) is 3.13. The minimum atomic E-state index is -1.23. The fourth-order valence-corrected chi connectivity index (χ4v) is 0.259. The molecule has 0 saturated heterocycles. The number of aliphatic hydroxyl groups is 1. The van der Waals surface area contributed by atoms with Crippen LogP contribution in [0.3, 0.4) is 0 Å². The van der Waals surface area contributed by atoms with E-state index in [1.165, 1.54) is 6.92 Å². The number of Topliss-reactive ketones (excluding diaryl/α,β-unsaturated/α-hetero) is 1. The Bertz CT molecular complexity index is 131. The molecule has 0 aliphatic heterocycles. The Hall–Kier alpha value is -0.970. The summed E-state index contributed by atoms with van der Waals surface area (Å²) in [6, 6.07) is 0. The molecule has 1 N–H and O–H groups in total. The molecule has 1 unspecified atom stereocenters. The van der Waals surface area contributed by atoms with Crippen molar-refractivity contribution in [3.8, 4) is 0 Å². The van der Waals surface area contributed by atoms with E-state index in [9.17, 15) is 14.9 Å². The average Bonchev–Trinajstić information content (AvgIpc) is 1.63. The van der Waals surface area contributed by atoms with Gasteiger partial charge in [0.2, 0.25) is 5.78 Å². The van der Waals surface area contributed by atoms with Gasteiger partial charge >= 0.3 is 0 Å². The third kappa shape index (κ3) is 3.60. The smallest absolute Gasteiger partial charge is 0.263 e. The predicted molar refractivity (Wildman–Crippen MR) is 28.5 cm³/mol. The van der Waals surface area contributed by atoms with Crippen LogP contribution in [0.2, 0.25) is 0 Å². The van der Waals surface area contributed by atoms with Crippen molar-refractivity contribution >= 4 is 5.78 Å². The maximum Gasteiger partial charge on any atom is 0.263 e. The zero-order valence-corrected chi connectivity index (χ0v) is 4.90. The summed E-state index contributed by atoms with van der Waals surface area (Å²) in [6.45, 7) is 0.406. The molecule has 0 saturated carbocycles. The van der Waals surface area contributed by atoms with Gasteiger partial charge in [-0.2, -0.15) is 0 Å². The summed E-state index contributed by atoms with van der Waals surface area (Å²) < 4.78 is 0. The number of rotatable bonds is 3. The van der Waals surface area contributed by atoms with Gasteiger partial charge in [0.1, 0.15) is 6.10 Å². The summed E-state index contributed by atoms with van der Waals surface area (Å²) in [5, 5.41) is 18.0. The Morgan fingerprint density at radius 3 is 2.44 bits per heavy atom. The molecule has 0 radical (unpaired) electrons. The molecule has 0 heterocycles. The molecule has 1 atom stereocenters. The van der Waals surface area contributed by atoms with Gasteiger partial charge in [-0.25, -0.2) is 0 Å². The van der Waals surface area contributed by atoms with Crippen molar-refractivity contribution in [2.24, 2.45) is 0 Å². The molecule has 0 amide bonds. The molecule has 0 aliphatic rings. The Morgan fingerprint density at radius 2 is 2.33 bits per heavy atom. The normalized spacial score (nSPS) is 12.7. The molecule has 5 heteroatoms. The van der Waals surface area contributed by atoms with E-state index in [0.29, 0.717) is 0 Å². The fraction of sp³-hybridized carbons (Fsp3) is 0.750. The van der Waals surface area contributed by atoms with E-state index >= 15 is 0 Å². The van der Waals surface area contributed by atoms with Crippen molar-refractivity contribution in [2.45, 2.75) is 13.0 Å². The van der Waals surface area contributed by atoms with Crippen LogP contribution in [0.25, 0.3) is 0 Å². The van der Waals surface area contributed by atoms with E-state index in [1.807, 2.05) is 0 Å². The number of aliphatic hydroxyl groups excluding tert-OH is 1. The van der Waals surface area contributed by atoms with Crippen LogP contribution in [0.15, 0.2) is 0 Å². The van der Waals surface area contributed by atoms with Crippen molar-refractivity contribution in [3.05, 3.63) is 10.1 Å². The van der Waals surface area contributed by atoms with Crippen LogP contribution >= 0.6 is 0 Å². The maximum absolute atomic E-state index is 10.3. The van der Waals surface area contributed by atoms with Crippen LogP contribution in [0.1, 0.15) is 6.92 Å². The molecule has 0 aromatic carbocycles. The second-order valence-corrected chi connectivity index (χ2v) is 1.63. The van der Waals surface area contributed by atoms with Crippen LogP contribution in [-0.4, -0.2) is 28.5 Å². The number of hydrogen-bond acceptors (Lipinski definition) is 4. The second-order valence-electron chi connectivity index (χ2n) is 1.63. The highest BCUT2D eigenvalue weighted by molar-refractivity contribution is 5.83. The van der Waals surface area contributed by atoms with Gasteiger partial charge in [0, 0.05) is 4.92 Å². The van der Waals surface area contributed by atoms with Gasteiger partial charge in [-0.3, -0.25) is 14.9 Å². The first-order chi connectivity index (χ1) is 4.04. The highest BCUT2D eigenvalue weighted by Gasteiger charge is 2.14. The van der Waals surface area contributed by atoms with Crippen LogP contribution < -0.4 is 0 Å². The van der Waals surface area contributed by atoms with Crippen molar-refractivity contribution in [1.82, 2.24) is 0 Å². The van der Waals surface area contributed by atoms with E-state index in [2.05, 4.69) is 0 Å². The van der Waals surface area contributed by atoms with Crippen LogP contribution in [0, 0.1) is 10.1 Å². The minimum absolute atomic E-state index is 0.764. The molecule has 5 nitrogen and oxygen atoms in total. The number of ketones is 1. The summed E-state index contributed by atoms with van der Waals surface area (Å²) in [4.78, 5) is 19.1. The average molecular weight is 133 g/mol. The molecule has 9 heavy (non-hydrogen) atoms. The molecule has 0 fully saturated rings. The number of nitrogens with zero attached hydrogens (tertiary/aromatic N) is 1. The molecular weight excluding hydrogens is 126 g/mol. The number of carbonyl (C=O) groups is 1. The zero-order valence-electron chi connectivity index (χ0n) is 4.90. The molecule has 0 rings (SSSR count). The molecule has 0 aliphatic carbocycles. The van der Waals surface area contributed by atoms with Crippen molar-refractivity contribution in [1.29, 1.82) is 0 Å².